The summed E-state index contributed by atoms with van der Waals surface area (Å²) in [7, 11) is 0. The summed E-state index contributed by atoms with van der Waals surface area (Å²) in [5.74, 6) is 7.42. The Morgan fingerprint density at radius 2 is 2.00 bits per heavy atom. The fourth-order valence-electron chi connectivity index (χ4n) is 2.75. The minimum atomic E-state index is 0.725. The number of hydrogen-bond acceptors (Lipinski definition) is 2. The number of anilines is 1. The Hall–Kier alpha value is -2.24. The lowest BCUT2D eigenvalue weighted by Crippen LogP contribution is -2.31. The van der Waals surface area contributed by atoms with E-state index in [0.717, 1.165) is 42.3 Å². The highest BCUT2D eigenvalue weighted by Crippen LogP contribution is 2.23. The molecule has 0 N–H and O–H groups in total. The third kappa shape index (κ3) is 4.15. The highest BCUT2D eigenvalue weighted by molar-refractivity contribution is 6.30. The van der Waals surface area contributed by atoms with Crippen molar-refractivity contribution in [2.75, 3.05) is 18.0 Å². The summed E-state index contributed by atoms with van der Waals surface area (Å²) >= 11 is 5.96. The Kier molecular flexibility index (Phi) is 5.00. The van der Waals surface area contributed by atoms with Crippen molar-refractivity contribution < 1.29 is 0 Å². The van der Waals surface area contributed by atoms with Crippen molar-refractivity contribution in [1.82, 2.24) is 4.98 Å². The maximum atomic E-state index is 5.96. The molecule has 2 heterocycles. The molecule has 1 saturated heterocycles. The lowest BCUT2D eigenvalue weighted by Gasteiger charge is -2.30. The second kappa shape index (κ2) is 7.35. The molecule has 116 valence electrons. The van der Waals surface area contributed by atoms with Crippen LogP contribution >= 0.6 is 11.6 Å². The maximum Gasteiger partial charge on any atom is 0.131 e. The van der Waals surface area contributed by atoms with Crippen LogP contribution in [0.15, 0.2) is 54.2 Å². The van der Waals surface area contributed by atoms with Gasteiger partial charge in [0.2, 0.25) is 0 Å². The van der Waals surface area contributed by atoms with Crippen molar-refractivity contribution in [2.45, 2.75) is 19.8 Å². The normalized spacial score (nSPS) is 14.2. The van der Waals surface area contributed by atoms with E-state index in [9.17, 15) is 0 Å². The first-order valence-corrected chi connectivity index (χ1v) is 8.22. The van der Waals surface area contributed by atoms with Crippen molar-refractivity contribution in [2.24, 2.45) is 0 Å². The number of benzene rings is 1. The summed E-state index contributed by atoms with van der Waals surface area (Å²) < 4.78 is 0. The molecule has 0 amide bonds. The van der Waals surface area contributed by atoms with Crippen LogP contribution in [-0.2, 0) is 0 Å². The van der Waals surface area contributed by atoms with E-state index in [4.69, 9.17) is 11.6 Å². The van der Waals surface area contributed by atoms with Gasteiger partial charge in [-0.15, -0.1) is 0 Å². The summed E-state index contributed by atoms with van der Waals surface area (Å²) in [5.41, 5.74) is 3.60. The summed E-state index contributed by atoms with van der Waals surface area (Å²) in [5, 5.41) is 0.725. The lowest BCUT2D eigenvalue weighted by atomic mass is 10.0. The standard InChI is InChI=1S/C20H19ClN2/c1-16-5-4-12-22-20(16)23-13-10-17(11-14-23)6-2-7-18-8-3-9-19(21)15-18/h3-6,8-9,12,15H,10-11,13-14H2,1H3. The fourth-order valence-corrected chi connectivity index (χ4v) is 2.94. The molecule has 2 aromatic rings. The smallest absolute Gasteiger partial charge is 0.131 e. The molecule has 0 saturated carbocycles. The average molecular weight is 323 g/mol. The molecule has 3 heteroatoms. The number of halogens is 1. The first-order valence-electron chi connectivity index (χ1n) is 7.84. The molecule has 0 bridgehead atoms. The molecule has 1 aromatic carbocycles. The first kappa shape index (κ1) is 15.6. The zero-order valence-electron chi connectivity index (χ0n) is 13.2. The quantitative estimate of drug-likeness (QED) is 0.712. The zero-order valence-corrected chi connectivity index (χ0v) is 14.0. The van der Waals surface area contributed by atoms with E-state index in [1.165, 1.54) is 11.1 Å². The molecule has 0 unspecified atom stereocenters. The third-order valence-corrected chi connectivity index (χ3v) is 4.24. The van der Waals surface area contributed by atoms with E-state index in [1.54, 1.807) is 0 Å². The van der Waals surface area contributed by atoms with Gasteiger partial charge >= 0.3 is 0 Å². The van der Waals surface area contributed by atoms with Gasteiger partial charge in [-0.25, -0.2) is 4.98 Å². The topological polar surface area (TPSA) is 16.1 Å². The Labute approximate surface area is 142 Å². The molecule has 3 rings (SSSR count). The van der Waals surface area contributed by atoms with Gasteiger partial charge in [-0.05, 0) is 55.7 Å². The number of hydrogen-bond donors (Lipinski definition) is 0. The molecular formula is C20H19ClN2. The molecule has 1 aliphatic rings. The van der Waals surface area contributed by atoms with Gasteiger partial charge in [-0.3, -0.25) is 0 Å². The predicted molar refractivity (Wildman–Crippen MR) is 96.8 cm³/mol. The van der Waals surface area contributed by atoms with Crippen LogP contribution < -0.4 is 4.90 Å². The van der Waals surface area contributed by atoms with Crippen molar-refractivity contribution in [3.05, 3.63) is 70.4 Å². The molecule has 1 aliphatic heterocycles. The number of aryl methyl sites for hydroxylation is 1. The Balaban J connectivity index is 1.62. The summed E-state index contributed by atoms with van der Waals surface area (Å²) in [6, 6.07) is 11.8. The molecule has 1 fully saturated rings. The molecule has 0 atom stereocenters. The molecule has 0 spiro atoms. The minimum absolute atomic E-state index is 0.725. The number of nitrogens with zero attached hydrogens (tertiary/aromatic N) is 2. The van der Waals surface area contributed by atoms with Crippen LogP contribution in [-0.4, -0.2) is 18.1 Å². The van der Waals surface area contributed by atoms with Gasteiger partial charge in [-0.1, -0.05) is 41.1 Å². The fraction of sp³-hybridized carbons (Fsp3) is 0.250. The minimum Gasteiger partial charge on any atom is -0.356 e. The van der Waals surface area contributed by atoms with E-state index < -0.39 is 0 Å². The van der Waals surface area contributed by atoms with Gasteiger partial charge in [0.1, 0.15) is 5.82 Å². The average Bonchev–Trinajstić information content (AvgIpc) is 2.56. The second-order valence-electron chi connectivity index (χ2n) is 5.71. The maximum absolute atomic E-state index is 5.96. The zero-order chi connectivity index (χ0) is 16.1. The Morgan fingerprint density at radius 3 is 2.74 bits per heavy atom. The van der Waals surface area contributed by atoms with E-state index in [1.807, 2.05) is 36.5 Å². The van der Waals surface area contributed by atoms with Crippen molar-refractivity contribution in [3.8, 4) is 11.8 Å². The van der Waals surface area contributed by atoms with Crippen LogP contribution in [0, 0.1) is 18.8 Å². The summed E-state index contributed by atoms with van der Waals surface area (Å²) in [4.78, 5) is 6.86. The van der Waals surface area contributed by atoms with E-state index >= 15 is 0 Å². The monoisotopic (exact) mass is 322 g/mol. The van der Waals surface area contributed by atoms with Gasteiger partial charge < -0.3 is 4.90 Å². The van der Waals surface area contributed by atoms with Crippen LogP contribution in [0.1, 0.15) is 24.0 Å². The highest BCUT2D eigenvalue weighted by atomic mass is 35.5. The molecule has 23 heavy (non-hydrogen) atoms. The Bertz CT molecular complexity index is 773. The van der Waals surface area contributed by atoms with Crippen LogP contribution in [0.5, 0.6) is 0 Å². The highest BCUT2D eigenvalue weighted by Gasteiger charge is 2.16. The van der Waals surface area contributed by atoms with Crippen molar-refractivity contribution >= 4 is 17.4 Å². The van der Waals surface area contributed by atoms with Crippen LogP contribution in [0.4, 0.5) is 5.82 Å². The first-order chi connectivity index (χ1) is 11.2. The van der Waals surface area contributed by atoms with E-state index in [2.05, 4.69) is 40.8 Å². The SMILES string of the molecule is Cc1cccnc1N1CCC(=CC#Cc2cccc(Cl)c2)CC1. The molecule has 2 nitrogen and oxygen atoms in total. The van der Waals surface area contributed by atoms with Crippen LogP contribution in [0.25, 0.3) is 0 Å². The largest absolute Gasteiger partial charge is 0.356 e. The van der Waals surface area contributed by atoms with Gasteiger partial charge in [0.25, 0.3) is 0 Å². The van der Waals surface area contributed by atoms with E-state index in [-0.39, 0.29) is 0 Å². The van der Waals surface area contributed by atoms with Crippen molar-refractivity contribution in [3.63, 3.8) is 0 Å². The number of piperidine rings is 1. The predicted octanol–water partition coefficient (Wildman–Crippen LogP) is 4.62. The number of rotatable bonds is 1. The number of pyridine rings is 1. The lowest BCUT2D eigenvalue weighted by molar-refractivity contribution is 0.675. The number of aromatic nitrogens is 1. The summed E-state index contributed by atoms with van der Waals surface area (Å²) in [6.07, 6.45) is 6.01. The molecule has 0 radical (unpaired) electrons. The van der Waals surface area contributed by atoms with Gasteiger partial charge in [0.15, 0.2) is 0 Å². The van der Waals surface area contributed by atoms with E-state index in [0.29, 0.717) is 0 Å². The van der Waals surface area contributed by atoms with Crippen LogP contribution in [0.3, 0.4) is 0 Å². The van der Waals surface area contributed by atoms with Gasteiger partial charge in [0, 0.05) is 29.9 Å². The molecule has 1 aromatic heterocycles. The van der Waals surface area contributed by atoms with Gasteiger partial charge in [0.05, 0.1) is 0 Å². The number of allylic oxidation sites excluding steroid dienone is 1. The Morgan fingerprint density at radius 1 is 1.17 bits per heavy atom. The second-order valence-corrected chi connectivity index (χ2v) is 6.15. The summed E-state index contributed by atoms with van der Waals surface area (Å²) in [6.45, 7) is 4.12. The third-order valence-electron chi connectivity index (χ3n) is 4.00. The van der Waals surface area contributed by atoms with Gasteiger partial charge in [-0.2, -0.15) is 0 Å². The van der Waals surface area contributed by atoms with Crippen LogP contribution in [0.2, 0.25) is 5.02 Å². The van der Waals surface area contributed by atoms with Crippen molar-refractivity contribution in [1.29, 1.82) is 0 Å². The molecular weight excluding hydrogens is 304 g/mol. The molecule has 0 aliphatic carbocycles.